The molecule has 0 unspecified atom stereocenters. The largest absolute Gasteiger partial charge is 0.326 e. The summed E-state index contributed by atoms with van der Waals surface area (Å²) in [6.07, 6.45) is 4.22. The lowest BCUT2D eigenvalue weighted by atomic mass is 10.1. The predicted octanol–water partition coefficient (Wildman–Crippen LogP) is 8.10. The van der Waals surface area contributed by atoms with Crippen molar-refractivity contribution in [1.82, 2.24) is 14.5 Å². The predicted molar refractivity (Wildman–Crippen MR) is 143 cm³/mol. The van der Waals surface area contributed by atoms with Crippen LogP contribution in [0.3, 0.4) is 0 Å². The van der Waals surface area contributed by atoms with Gasteiger partial charge in [-0.05, 0) is 37.1 Å². The number of unbranched alkanes of at least 4 members (excludes halogenated alkanes) is 2. The second kappa shape index (κ2) is 12.6. The molecule has 0 atom stereocenters. The zero-order chi connectivity index (χ0) is 25.3. The highest BCUT2D eigenvalue weighted by Gasteiger charge is 2.22. The van der Waals surface area contributed by atoms with Gasteiger partial charge in [-0.15, -0.1) is 0 Å². The van der Waals surface area contributed by atoms with Crippen molar-refractivity contribution in [1.29, 1.82) is 0 Å². The third kappa shape index (κ3) is 6.27. The van der Waals surface area contributed by atoms with Crippen LogP contribution in [0.15, 0.2) is 78.9 Å². The highest BCUT2D eigenvalue weighted by molar-refractivity contribution is 5.68. The van der Waals surface area contributed by atoms with E-state index < -0.39 is 11.6 Å². The molecule has 0 aliphatic carbocycles. The van der Waals surface area contributed by atoms with Gasteiger partial charge in [0.2, 0.25) is 0 Å². The molecule has 36 heavy (non-hydrogen) atoms. The molecule has 0 aliphatic heterocycles. The molecule has 0 amide bonds. The molecule has 5 heteroatoms. The van der Waals surface area contributed by atoms with E-state index in [2.05, 4.69) is 47.6 Å². The molecular weight excluding hydrogens is 452 g/mol. The van der Waals surface area contributed by atoms with Crippen LogP contribution in [0, 0.1) is 11.6 Å². The van der Waals surface area contributed by atoms with Crippen LogP contribution in [-0.4, -0.2) is 21.0 Å². The summed E-state index contributed by atoms with van der Waals surface area (Å²) in [6, 6.07) is 24.9. The van der Waals surface area contributed by atoms with Crippen LogP contribution >= 0.6 is 0 Å². The summed E-state index contributed by atoms with van der Waals surface area (Å²) in [5.74, 6) is -0.635. The fourth-order valence-electron chi connectivity index (χ4n) is 4.54. The minimum Gasteiger partial charge on any atom is -0.326 e. The van der Waals surface area contributed by atoms with Crippen molar-refractivity contribution >= 4 is 0 Å². The van der Waals surface area contributed by atoms with E-state index in [-0.39, 0.29) is 0 Å². The lowest BCUT2D eigenvalue weighted by molar-refractivity contribution is 0.246. The van der Waals surface area contributed by atoms with Gasteiger partial charge in [0, 0.05) is 30.8 Å². The number of nitrogens with zero attached hydrogens (tertiary/aromatic N) is 3. The molecule has 0 bridgehead atoms. The van der Waals surface area contributed by atoms with Crippen LogP contribution in [0.1, 0.15) is 50.8 Å². The SMILES string of the molecule is CCCCN(Cc1ccc(F)c(F)c1)Cc1c(-c2ccccc2)nc(-c2ccccc2)n1CCCC. The van der Waals surface area contributed by atoms with Crippen LogP contribution in [0.5, 0.6) is 0 Å². The average Bonchev–Trinajstić information content (AvgIpc) is 3.27. The number of hydrogen-bond acceptors (Lipinski definition) is 2. The Morgan fingerprint density at radius 3 is 2.06 bits per heavy atom. The minimum absolute atomic E-state index is 0.547. The van der Waals surface area contributed by atoms with E-state index in [4.69, 9.17) is 4.98 Å². The van der Waals surface area contributed by atoms with Gasteiger partial charge in [-0.3, -0.25) is 4.90 Å². The van der Waals surface area contributed by atoms with E-state index in [1.165, 1.54) is 12.1 Å². The quantitative estimate of drug-likeness (QED) is 0.201. The molecule has 0 aliphatic rings. The van der Waals surface area contributed by atoms with Gasteiger partial charge < -0.3 is 4.57 Å². The van der Waals surface area contributed by atoms with Crippen LogP contribution < -0.4 is 0 Å². The van der Waals surface area contributed by atoms with Crippen LogP contribution in [-0.2, 0) is 19.6 Å². The lowest BCUT2D eigenvalue weighted by Crippen LogP contribution is -2.26. The Balaban J connectivity index is 1.79. The summed E-state index contributed by atoms with van der Waals surface area (Å²) in [5, 5.41) is 0. The van der Waals surface area contributed by atoms with Gasteiger partial charge in [0.05, 0.1) is 11.4 Å². The molecule has 0 saturated carbocycles. The summed E-state index contributed by atoms with van der Waals surface area (Å²) in [7, 11) is 0. The van der Waals surface area contributed by atoms with Crippen molar-refractivity contribution in [3.63, 3.8) is 0 Å². The molecular formula is C31H35F2N3. The molecule has 0 spiro atoms. The van der Waals surface area contributed by atoms with Crippen LogP contribution in [0.25, 0.3) is 22.6 Å². The van der Waals surface area contributed by atoms with Crippen molar-refractivity contribution < 1.29 is 8.78 Å². The van der Waals surface area contributed by atoms with Gasteiger partial charge in [-0.1, -0.05) is 93.4 Å². The molecule has 0 saturated heterocycles. The first kappa shape index (κ1) is 25.8. The fraction of sp³-hybridized carbons (Fsp3) is 0.323. The molecule has 1 heterocycles. The van der Waals surface area contributed by atoms with E-state index >= 15 is 0 Å². The van der Waals surface area contributed by atoms with E-state index in [0.717, 1.165) is 72.7 Å². The third-order valence-corrected chi connectivity index (χ3v) is 6.48. The van der Waals surface area contributed by atoms with Gasteiger partial charge in [0.1, 0.15) is 5.82 Å². The van der Waals surface area contributed by atoms with Crippen molar-refractivity contribution in [2.75, 3.05) is 6.54 Å². The molecule has 0 N–H and O–H groups in total. The van der Waals surface area contributed by atoms with Gasteiger partial charge in [0.25, 0.3) is 0 Å². The topological polar surface area (TPSA) is 21.1 Å². The van der Waals surface area contributed by atoms with Crippen molar-refractivity contribution in [2.45, 2.75) is 59.2 Å². The molecule has 3 aromatic carbocycles. The number of benzene rings is 3. The second-order valence-electron chi connectivity index (χ2n) is 9.28. The monoisotopic (exact) mass is 487 g/mol. The zero-order valence-electron chi connectivity index (χ0n) is 21.3. The summed E-state index contributed by atoms with van der Waals surface area (Å²) in [5.41, 5.74) is 5.10. The van der Waals surface area contributed by atoms with E-state index in [1.807, 2.05) is 36.4 Å². The smallest absolute Gasteiger partial charge is 0.159 e. The molecule has 0 radical (unpaired) electrons. The molecule has 0 fully saturated rings. The summed E-state index contributed by atoms with van der Waals surface area (Å²) in [4.78, 5) is 7.53. The molecule has 1 aromatic heterocycles. The van der Waals surface area contributed by atoms with Crippen LogP contribution in [0.4, 0.5) is 8.78 Å². The molecule has 188 valence electrons. The van der Waals surface area contributed by atoms with Gasteiger partial charge in [0.15, 0.2) is 11.6 Å². The lowest BCUT2D eigenvalue weighted by Gasteiger charge is -2.24. The highest BCUT2D eigenvalue weighted by Crippen LogP contribution is 2.31. The molecule has 4 aromatic rings. The number of halogens is 2. The molecule has 4 rings (SSSR count). The van der Waals surface area contributed by atoms with Crippen LogP contribution in [0.2, 0.25) is 0 Å². The summed E-state index contributed by atoms with van der Waals surface area (Å²) < 4.78 is 29.9. The molecule has 3 nitrogen and oxygen atoms in total. The van der Waals surface area contributed by atoms with Crippen molar-refractivity contribution in [2.24, 2.45) is 0 Å². The number of hydrogen-bond donors (Lipinski definition) is 0. The maximum atomic E-state index is 14.0. The van der Waals surface area contributed by atoms with Gasteiger partial charge >= 0.3 is 0 Å². The Morgan fingerprint density at radius 1 is 0.750 bits per heavy atom. The standard InChI is InChI=1S/C31H35F2N3/c1-3-5-19-35(22-24-17-18-27(32)28(33)21-24)23-29-30(25-13-9-7-10-14-25)34-31(36(29)20-6-4-2)26-15-11-8-12-16-26/h7-18,21H,3-6,19-20,22-23H2,1-2H3. The Kier molecular flexibility index (Phi) is 9.01. The number of imidazole rings is 1. The van der Waals surface area contributed by atoms with Crippen molar-refractivity contribution in [3.8, 4) is 22.6 Å². The Morgan fingerprint density at radius 2 is 1.42 bits per heavy atom. The number of aromatic nitrogens is 2. The average molecular weight is 488 g/mol. The third-order valence-electron chi connectivity index (χ3n) is 6.48. The Bertz CT molecular complexity index is 1240. The van der Waals surface area contributed by atoms with E-state index in [0.29, 0.717) is 13.1 Å². The van der Waals surface area contributed by atoms with E-state index in [9.17, 15) is 8.78 Å². The summed E-state index contributed by atoms with van der Waals surface area (Å²) in [6.45, 7) is 7.33. The van der Waals surface area contributed by atoms with E-state index in [1.54, 1.807) is 6.07 Å². The Labute approximate surface area is 213 Å². The summed E-state index contributed by atoms with van der Waals surface area (Å²) >= 11 is 0. The second-order valence-corrected chi connectivity index (χ2v) is 9.28. The van der Waals surface area contributed by atoms with Crippen molar-refractivity contribution in [3.05, 3.63) is 102 Å². The highest BCUT2D eigenvalue weighted by atomic mass is 19.2. The maximum absolute atomic E-state index is 14.0. The fourth-order valence-corrected chi connectivity index (χ4v) is 4.54. The first-order valence-electron chi connectivity index (χ1n) is 13.0. The Hall–Kier alpha value is -3.31. The first-order valence-corrected chi connectivity index (χ1v) is 13.0. The van der Waals surface area contributed by atoms with Gasteiger partial charge in [-0.25, -0.2) is 13.8 Å². The first-order chi connectivity index (χ1) is 17.6. The zero-order valence-corrected chi connectivity index (χ0v) is 21.3. The minimum atomic E-state index is -0.810. The maximum Gasteiger partial charge on any atom is 0.159 e. The van der Waals surface area contributed by atoms with Gasteiger partial charge in [-0.2, -0.15) is 0 Å². The number of rotatable bonds is 12. The normalized spacial score (nSPS) is 11.4.